The van der Waals surface area contributed by atoms with Crippen molar-refractivity contribution < 1.29 is 19.1 Å². The molecule has 1 rings (SSSR count). The van der Waals surface area contributed by atoms with E-state index in [1.54, 1.807) is 12.0 Å². The van der Waals surface area contributed by atoms with Crippen LogP contribution in [0.5, 0.6) is 0 Å². The van der Waals surface area contributed by atoms with E-state index in [9.17, 15) is 9.59 Å². The number of amides is 1. The minimum absolute atomic E-state index is 0.0721. The van der Waals surface area contributed by atoms with Gasteiger partial charge in [0, 0.05) is 39.1 Å². The molecule has 1 unspecified atom stereocenters. The highest BCUT2D eigenvalue weighted by molar-refractivity contribution is 5.81. The Hall–Kier alpha value is -1.88. The molecular weight excluding hydrogens is 318 g/mol. The van der Waals surface area contributed by atoms with Gasteiger partial charge in [-0.1, -0.05) is 37.3 Å². The van der Waals surface area contributed by atoms with Crippen LogP contribution in [0, 0.1) is 5.92 Å². The quantitative estimate of drug-likeness (QED) is 0.675. The second-order valence-corrected chi connectivity index (χ2v) is 7.29. The van der Waals surface area contributed by atoms with Gasteiger partial charge in [0.15, 0.2) is 0 Å². The summed E-state index contributed by atoms with van der Waals surface area (Å²) in [5.41, 5.74) is 0.440. The molecule has 0 radical (unpaired) electrons. The van der Waals surface area contributed by atoms with E-state index in [1.165, 1.54) is 0 Å². The van der Waals surface area contributed by atoms with E-state index in [1.807, 2.05) is 58.0 Å². The van der Waals surface area contributed by atoms with Gasteiger partial charge in [-0.15, -0.1) is 0 Å². The zero-order valence-corrected chi connectivity index (χ0v) is 16.1. The summed E-state index contributed by atoms with van der Waals surface area (Å²) in [6.07, 6.45) is 0.617. The summed E-state index contributed by atoms with van der Waals surface area (Å²) in [6.45, 7) is 8.75. The van der Waals surface area contributed by atoms with Gasteiger partial charge in [-0.25, -0.2) is 4.79 Å². The predicted molar refractivity (Wildman–Crippen MR) is 98.4 cm³/mol. The Morgan fingerprint density at radius 3 is 2.36 bits per heavy atom. The van der Waals surface area contributed by atoms with Crippen LogP contribution in [0.25, 0.3) is 0 Å². The summed E-state index contributed by atoms with van der Waals surface area (Å²) in [7, 11) is 1.63. The van der Waals surface area contributed by atoms with Crippen LogP contribution in [0.4, 0.5) is 4.79 Å². The van der Waals surface area contributed by atoms with Crippen LogP contribution < -0.4 is 0 Å². The molecule has 1 atom stereocenters. The Morgan fingerprint density at radius 1 is 1.16 bits per heavy atom. The van der Waals surface area contributed by atoms with Crippen LogP contribution in [0.3, 0.4) is 0 Å². The molecule has 0 aliphatic rings. The number of ketones is 1. The first-order chi connectivity index (χ1) is 11.7. The maximum absolute atomic E-state index is 12.5. The standard InChI is InChI=1S/C20H31NO4/c1-16(12-14-24-5)18(22)11-13-21(19(23)25-20(2,3)4)15-17-9-7-6-8-10-17/h6-10,16H,11-15H2,1-5H3. The lowest BCUT2D eigenvalue weighted by Gasteiger charge is -2.27. The Balaban J connectivity index is 2.70. The number of hydrogen-bond donors (Lipinski definition) is 0. The minimum Gasteiger partial charge on any atom is -0.444 e. The van der Waals surface area contributed by atoms with Crippen molar-refractivity contribution in [2.24, 2.45) is 5.92 Å². The molecule has 0 aliphatic carbocycles. The molecule has 0 fully saturated rings. The summed E-state index contributed by atoms with van der Waals surface area (Å²) in [6, 6.07) is 9.71. The molecule has 25 heavy (non-hydrogen) atoms. The molecule has 0 spiro atoms. The topological polar surface area (TPSA) is 55.8 Å². The third-order valence-corrected chi connectivity index (χ3v) is 3.80. The SMILES string of the molecule is COCCC(C)C(=O)CCN(Cc1ccccc1)C(=O)OC(C)(C)C. The zero-order valence-electron chi connectivity index (χ0n) is 16.1. The van der Waals surface area contributed by atoms with Crippen molar-refractivity contribution in [1.29, 1.82) is 0 Å². The minimum atomic E-state index is -0.568. The third kappa shape index (κ3) is 8.68. The molecule has 1 aromatic carbocycles. The number of hydrogen-bond acceptors (Lipinski definition) is 4. The molecule has 5 heteroatoms. The summed E-state index contributed by atoms with van der Waals surface area (Å²) in [4.78, 5) is 26.4. The molecule has 140 valence electrons. The lowest BCUT2D eigenvalue weighted by Crippen LogP contribution is -2.38. The molecule has 0 aliphatic heterocycles. The fraction of sp³-hybridized carbons (Fsp3) is 0.600. The van der Waals surface area contributed by atoms with Crippen LogP contribution >= 0.6 is 0 Å². The van der Waals surface area contributed by atoms with E-state index in [0.717, 1.165) is 5.56 Å². The summed E-state index contributed by atoms with van der Waals surface area (Å²) < 4.78 is 10.5. The van der Waals surface area contributed by atoms with Gasteiger partial charge in [-0.3, -0.25) is 4.79 Å². The van der Waals surface area contributed by atoms with E-state index >= 15 is 0 Å². The largest absolute Gasteiger partial charge is 0.444 e. The van der Waals surface area contributed by atoms with Gasteiger partial charge in [-0.2, -0.15) is 0 Å². The van der Waals surface area contributed by atoms with Gasteiger partial charge in [-0.05, 0) is 32.8 Å². The number of ether oxygens (including phenoxy) is 2. The number of carbonyl (C=O) groups is 2. The van der Waals surface area contributed by atoms with E-state index < -0.39 is 11.7 Å². The molecule has 0 heterocycles. The predicted octanol–water partition coefficient (Wildman–Crippen LogP) is 4.06. The van der Waals surface area contributed by atoms with Crippen LogP contribution in [0.15, 0.2) is 30.3 Å². The molecule has 0 N–H and O–H groups in total. The molecular formula is C20H31NO4. The summed E-state index contributed by atoms with van der Waals surface area (Å²) in [5.74, 6) is 0.0656. The van der Waals surface area contributed by atoms with Crippen molar-refractivity contribution in [2.45, 2.75) is 52.7 Å². The number of carbonyl (C=O) groups excluding carboxylic acids is 2. The van der Waals surface area contributed by atoms with Gasteiger partial charge < -0.3 is 14.4 Å². The van der Waals surface area contributed by atoms with Crippen molar-refractivity contribution >= 4 is 11.9 Å². The molecule has 1 amide bonds. The van der Waals surface area contributed by atoms with E-state index in [-0.39, 0.29) is 11.7 Å². The van der Waals surface area contributed by atoms with Crippen LogP contribution in [0.1, 0.15) is 46.1 Å². The molecule has 0 bridgehead atoms. The summed E-state index contributed by atoms with van der Waals surface area (Å²) in [5, 5.41) is 0. The first-order valence-corrected chi connectivity index (χ1v) is 8.76. The molecule has 1 aromatic rings. The van der Waals surface area contributed by atoms with Crippen molar-refractivity contribution in [3.63, 3.8) is 0 Å². The number of methoxy groups -OCH3 is 1. The number of rotatable bonds is 9. The van der Waals surface area contributed by atoms with Gasteiger partial charge >= 0.3 is 6.09 Å². The Labute approximate surface area is 151 Å². The fourth-order valence-corrected chi connectivity index (χ4v) is 2.31. The highest BCUT2D eigenvalue weighted by Crippen LogP contribution is 2.14. The monoisotopic (exact) mass is 349 g/mol. The molecule has 0 saturated carbocycles. The second kappa shape index (κ2) is 10.2. The molecule has 0 aromatic heterocycles. The number of nitrogens with zero attached hydrogens (tertiary/aromatic N) is 1. The molecule has 0 saturated heterocycles. The van der Waals surface area contributed by atoms with Crippen molar-refractivity contribution in [3.05, 3.63) is 35.9 Å². The highest BCUT2D eigenvalue weighted by atomic mass is 16.6. The Kier molecular flexibility index (Phi) is 8.62. The van der Waals surface area contributed by atoms with Gasteiger partial charge in [0.25, 0.3) is 0 Å². The normalized spacial score (nSPS) is 12.5. The first kappa shape index (κ1) is 21.2. The number of Topliss-reactive ketones (excluding diaryl/α,β-unsaturated/α-hetero) is 1. The molecule has 5 nitrogen and oxygen atoms in total. The Morgan fingerprint density at radius 2 is 1.80 bits per heavy atom. The van der Waals surface area contributed by atoms with Crippen LogP contribution in [-0.2, 0) is 20.8 Å². The first-order valence-electron chi connectivity index (χ1n) is 8.76. The smallest absolute Gasteiger partial charge is 0.410 e. The van der Waals surface area contributed by atoms with Crippen LogP contribution in [0.2, 0.25) is 0 Å². The lowest BCUT2D eigenvalue weighted by atomic mass is 10.0. The van der Waals surface area contributed by atoms with Gasteiger partial charge in [0.1, 0.15) is 11.4 Å². The van der Waals surface area contributed by atoms with Gasteiger partial charge in [0.2, 0.25) is 0 Å². The van der Waals surface area contributed by atoms with Crippen molar-refractivity contribution in [1.82, 2.24) is 4.90 Å². The fourth-order valence-electron chi connectivity index (χ4n) is 2.31. The second-order valence-electron chi connectivity index (χ2n) is 7.29. The van der Waals surface area contributed by atoms with E-state index in [0.29, 0.717) is 32.5 Å². The summed E-state index contributed by atoms with van der Waals surface area (Å²) >= 11 is 0. The zero-order chi connectivity index (χ0) is 18.9. The van der Waals surface area contributed by atoms with Crippen molar-refractivity contribution in [2.75, 3.05) is 20.3 Å². The van der Waals surface area contributed by atoms with Gasteiger partial charge in [0.05, 0.1) is 0 Å². The van der Waals surface area contributed by atoms with Crippen molar-refractivity contribution in [3.8, 4) is 0 Å². The maximum atomic E-state index is 12.5. The third-order valence-electron chi connectivity index (χ3n) is 3.80. The average molecular weight is 349 g/mol. The van der Waals surface area contributed by atoms with E-state index in [2.05, 4.69) is 0 Å². The maximum Gasteiger partial charge on any atom is 0.410 e. The highest BCUT2D eigenvalue weighted by Gasteiger charge is 2.23. The van der Waals surface area contributed by atoms with Crippen LogP contribution in [-0.4, -0.2) is 42.6 Å². The Bertz CT molecular complexity index is 536. The average Bonchev–Trinajstić information content (AvgIpc) is 2.55. The number of benzene rings is 1. The van der Waals surface area contributed by atoms with E-state index in [4.69, 9.17) is 9.47 Å². The lowest BCUT2D eigenvalue weighted by molar-refractivity contribution is -0.123.